The van der Waals surface area contributed by atoms with Crippen LogP contribution in [-0.4, -0.2) is 89.5 Å². The molecule has 3 rings (SSSR count). The summed E-state index contributed by atoms with van der Waals surface area (Å²) in [5.41, 5.74) is -1.45. The lowest BCUT2D eigenvalue weighted by Crippen LogP contribution is -2.55. The maximum Gasteiger partial charge on any atom is 0.415 e. The van der Waals surface area contributed by atoms with Crippen molar-refractivity contribution < 1.29 is 38.3 Å². The van der Waals surface area contributed by atoms with Gasteiger partial charge in [0.05, 0.1) is 18.6 Å². The van der Waals surface area contributed by atoms with E-state index in [-0.39, 0.29) is 36.5 Å². The Morgan fingerprint density at radius 3 is 2.34 bits per heavy atom. The van der Waals surface area contributed by atoms with Gasteiger partial charge in [-0.15, -0.1) is 0 Å². The van der Waals surface area contributed by atoms with Crippen molar-refractivity contribution in [1.82, 2.24) is 9.80 Å². The zero-order valence-electron chi connectivity index (χ0n) is 25.2. The Hall–Kier alpha value is -3.61. The Morgan fingerprint density at radius 1 is 1.12 bits per heavy atom. The zero-order chi connectivity index (χ0) is 30.7. The Labute approximate surface area is 240 Å². The van der Waals surface area contributed by atoms with Crippen LogP contribution < -0.4 is 9.64 Å². The van der Waals surface area contributed by atoms with Crippen molar-refractivity contribution in [2.75, 3.05) is 38.3 Å². The Kier molecular flexibility index (Phi) is 9.73. The van der Waals surface area contributed by atoms with Crippen LogP contribution in [0.5, 0.6) is 5.75 Å². The number of carbonyl (C=O) groups is 3. The number of amides is 2. The predicted molar refractivity (Wildman–Crippen MR) is 150 cm³/mol. The van der Waals surface area contributed by atoms with E-state index in [0.717, 1.165) is 4.90 Å². The normalized spacial score (nSPS) is 18.4. The van der Waals surface area contributed by atoms with Crippen molar-refractivity contribution in [2.45, 2.75) is 91.1 Å². The molecule has 2 unspecified atom stereocenters. The number of anilines is 1. The maximum absolute atomic E-state index is 13.4. The molecule has 1 aromatic rings. The molecule has 2 atom stereocenters. The van der Waals surface area contributed by atoms with Crippen LogP contribution in [0.2, 0.25) is 0 Å². The van der Waals surface area contributed by atoms with Crippen LogP contribution in [0.3, 0.4) is 0 Å². The second-order valence-electron chi connectivity index (χ2n) is 12.2. The van der Waals surface area contributed by atoms with E-state index in [1.165, 1.54) is 19.2 Å². The quantitative estimate of drug-likeness (QED) is 0.212. The summed E-state index contributed by atoms with van der Waals surface area (Å²) in [7, 11) is 1.19. The third kappa shape index (κ3) is 7.99. The van der Waals surface area contributed by atoms with Crippen LogP contribution in [0.1, 0.15) is 66.9 Å². The van der Waals surface area contributed by atoms with Gasteiger partial charge in [0.1, 0.15) is 28.7 Å². The number of esters is 1. The molecule has 2 aliphatic heterocycles. The molecule has 0 radical (unpaired) electrons. The highest BCUT2D eigenvalue weighted by atomic mass is 16.6. The van der Waals surface area contributed by atoms with Gasteiger partial charge in [-0.05, 0) is 54.4 Å². The van der Waals surface area contributed by atoms with Crippen molar-refractivity contribution in [2.24, 2.45) is 0 Å². The number of rotatable bonds is 5. The van der Waals surface area contributed by atoms with Gasteiger partial charge in [0.15, 0.2) is 0 Å². The van der Waals surface area contributed by atoms with Crippen molar-refractivity contribution in [3.8, 4) is 5.75 Å². The predicted octanol–water partition coefficient (Wildman–Crippen LogP) is 4.49. The van der Waals surface area contributed by atoms with Gasteiger partial charge in [0.25, 0.3) is 5.69 Å². The zero-order valence-corrected chi connectivity index (χ0v) is 25.2. The number of fused-ring (bicyclic) bond motifs is 2. The third-order valence-electron chi connectivity index (χ3n) is 6.71. The lowest BCUT2D eigenvalue weighted by atomic mass is 10.0. The molecule has 1 aromatic carbocycles. The number of nitrogens with zero attached hydrogens (tertiary/aromatic N) is 4. The summed E-state index contributed by atoms with van der Waals surface area (Å²) in [5.74, 6) is -0.363. The van der Waals surface area contributed by atoms with Crippen LogP contribution in [0.25, 0.3) is 0 Å². The summed E-state index contributed by atoms with van der Waals surface area (Å²) in [6.07, 6.45) is -0.563. The lowest BCUT2D eigenvalue weighted by Gasteiger charge is -2.42. The van der Waals surface area contributed by atoms with Crippen LogP contribution in [0, 0.1) is 10.1 Å². The molecule has 41 heavy (non-hydrogen) atoms. The number of methoxy groups -OCH3 is 1. The molecular weight excluding hydrogens is 536 g/mol. The van der Waals surface area contributed by atoms with Crippen molar-refractivity contribution >= 4 is 29.5 Å². The first kappa shape index (κ1) is 31.9. The summed E-state index contributed by atoms with van der Waals surface area (Å²) in [4.78, 5) is 55.3. The maximum atomic E-state index is 13.4. The molecule has 13 nitrogen and oxygen atoms in total. The average Bonchev–Trinajstić information content (AvgIpc) is 2.84. The minimum atomic E-state index is -1.16. The second-order valence-corrected chi connectivity index (χ2v) is 12.2. The topological polar surface area (TPSA) is 141 Å². The average molecular weight is 579 g/mol. The summed E-state index contributed by atoms with van der Waals surface area (Å²) in [6.45, 7) is 14.2. The second kappa shape index (κ2) is 12.5. The van der Waals surface area contributed by atoms with E-state index >= 15 is 0 Å². The molecule has 0 bridgehead atoms. The van der Waals surface area contributed by atoms with E-state index in [1.54, 1.807) is 32.6 Å². The van der Waals surface area contributed by atoms with Crippen molar-refractivity contribution in [1.29, 1.82) is 0 Å². The molecule has 0 N–H and O–H groups in total. The molecule has 0 saturated carbocycles. The first-order valence-corrected chi connectivity index (χ1v) is 13.8. The number of carbonyl (C=O) groups excluding carboxylic acids is 3. The molecule has 1 saturated heterocycles. The Bertz CT molecular complexity index is 1160. The van der Waals surface area contributed by atoms with E-state index in [9.17, 15) is 24.5 Å². The molecule has 13 heteroatoms. The summed E-state index contributed by atoms with van der Waals surface area (Å²) >= 11 is 0. The number of piperazine rings is 1. The van der Waals surface area contributed by atoms with E-state index in [4.69, 9.17) is 18.9 Å². The fourth-order valence-electron chi connectivity index (χ4n) is 4.88. The Morgan fingerprint density at radius 2 is 1.78 bits per heavy atom. The fraction of sp³-hybridized carbons (Fsp3) is 0.679. The summed E-state index contributed by atoms with van der Waals surface area (Å²) in [6, 6.07) is 1.62. The van der Waals surface area contributed by atoms with Crippen LogP contribution >= 0.6 is 0 Å². The standard InChI is InChI=1S/C28H42N4O9/c1-9-20(24(33)38-8)31(26(35)41-28(5,6)7)21-15-23-18(14-22(21)32(36)37)16-29-11-12-30(17-19(29)10-13-39-23)25(34)40-27(2,3)4/h14-15,19-20H,9-13,16-17H2,1-8H3. The molecule has 0 aliphatic carbocycles. The van der Waals surface area contributed by atoms with Gasteiger partial charge in [-0.25, -0.2) is 14.4 Å². The molecular formula is C28H42N4O9. The largest absolute Gasteiger partial charge is 0.493 e. The molecule has 2 amide bonds. The first-order valence-electron chi connectivity index (χ1n) is 13.8. The van der Waals surface area contributed by atoms with Gasteiger partial charge < -0.3 is 23.8 Å². The van der Waals surface area contributed by atoms with Crippen molar-refractivity contribution in [3.05, 3.63) is 27.8 Å². The molecule has 0 spiro atoms. The van der Waals surface area contributed by atoms with E-state index in [1.807, 2.05) is 20.8 Å². The fourth-order valence-corrected chi connectivity index (χ4v) is 4.88. The number of nitro benzene ring substituents is 1. The van der Waals surface area contributed by atoms with Crippen LogP contribution in [-0.2, 0) is 25.5 Å². The van der Waals surface area contributed by atoms with Crippen LogP contribution in [0.15, 0.2) is 12.1 Å². The number of nitro groups is 1. The number of benzene rings is 1. The van der Waals surface area contributed by atoms with Gasteiger partial charge in [-0.1, -0.05) is 6.92 Å². The number of hydrogen-bond acceptors (Lipinski definition) is 10. The van der Waals surface area contributed by atoms with Gasteiger partial charge in [0.2, 0.25) is 0 Å². The molecule has 228 valence electrons. The van der Waals surface area contributed by atoms with Gasteiger partial charge in [-0.3, -0.25) is 19.9 Å². The third-order valence-corrected chi connectivity index (χ3v) is 6.71. The minimum Gasteiger partial charge on any atom is -0.493 e. The SMILES string of the molecule is CCC(C(=O)OC)N(C(=O)OC(C)(C)C)c1cc2c(cc1[N+](=O)[O-])CN1CCN(C(=O)OC(C)(C)C)CC1CCO2. The van der Waals surface area contributed by atoms with Gasteiger partial charge in [0, 0.05) is 49.9 Å². The van der Waals surface area contributed by atoms with Crippen LogP contribution in [0.4, 0.5) is 21.0 Å². The number of hydrogen-bond donors (Lipinski definition) is 0. The first-order chi connectivity index (χ1) is 19.0. The summed E-state index contributed by atoms with van der Waals surface area (Å²) in [5, 5.41) is 12.3. The van der Waals surface area contributed by atoms with Gasteiger partial charge >= 0.3 is 18.2 Å². The highest BCUT2D eigenvalue weighted by Gasteiger charge is 2.40. The highest BCUT2D eigenvalue weighted by molar-refractivity contribution is 5.98. The molecule has 2 aliphatic rings. The van der Waals surface area contributed by atoms with Crippen molar-refractivity contribution in [3.63, 3.8) is 0 Å². The molecule has 1 fully saturated rings. The monoisotopic (exact) mass is 578 g/mol. The minimum absolute atomic E-state index is 0.0368. The van der Waals surface area contributed by atoms with E-state index in [0.29, 0.717) is 43.9 Å². The summed E-state index contributed by atoms with van der Waals surface area (Å²) < 4.78 is 22.1. The van der Waals surface area contributed by atoms with E-state index in [2.05, 4.69) is 4.90 Å². The highest BCUT2D eigenvalue weighted by Crippen LogP contribution is 2.39. The molecule has 0 aromatic heterocycles. The number of ether oxygens (including phenoxy) is 4. The van der Waals surface area contributed by atoms with E-state index < -0.39 is 34.2 Å². The Balaban J connectivity index is 1.99. The lowest BCUT2D eigenvalue weighted by molar-refractivity contribution is -0.384. The smallest absolute Gasteiger partial charge is 0.415 e. The molecule has 2 heterocycles. The van der Waals surface area contributed by atoms with Gasteiger partial charge in [-0.2, -0.15) is 0 Å².